The Kier molecular flexibility index (Phi) is 5.77. The van der Waals surface area contributed by atoms with Gasteiger partial charge in [-0.1, -0.05) is 57.0 Å². The van der Waals surface area contributed by atoms with Gasteiger partial charge in [-0.2, -0.15) is 0 Å². The Morgan fingerprint density at radius 3 is 2.62 bits per heavy atom. The second kappa shape index (κ2) is 8.04. The van der Waals surface area contributed by atoms with Crippen molar-refractivity contribution in [1.29, 1.82) is 5.41 Å². The minimum atomic E-state index is 0.245. The van der Waals surface area contributed by atoms with E-state index in [1.165, 1.54) is 17.8 Å². The standard InChI is InChI=1S/C21H27N3OS/c1-14(2)8-7-9-15(3)24-12-18(25)19(20(24)22)21-23-17(13-26-21)16-10-5-4-6-11-16/h4-6,10-11,13-15,22,25H,7-9,12H2,1-3H3. The number of hydrogen-bond donors (Lipinski definition) is 2. The molecule has 26 heavy (non-hydrogen) atoms. The number of amidine groups is 1. The van der Waals surface area contributed by atoms with Crippen molar-refractivity contribution in [3.05, 3.63) is 46.5 Å². The normalized spacial score (nSPS) is 16.0. The topological polar surface area (TPSA) is 60.2 Å². The molecule has 0 radical (unpaired) electrons. The highest BCUT2D eigenvalue weighted by Gasteiger charge is 2.32. The molecule has 0 saturated heterocycles. The summed E-state index contributed by atoms with van der Waals surface area (Å²) in [5.41, 5.74) is 2.54. The molecule has 1 aliphatic rings. The molecule has 5 heteroatoms. The molecule has 2 heterocycles. The number of aliphatic hydroxyl groups excluding tert-OH is 1. The van der Waals surface area contributed by atoms with Crippen molar-refractivity contribution in [1.82, 2.24) is 9.88 Å². The van der Waals surface area contributed by atoms with Gasteiger partial charge in [0.25, 0.3) is 0 Å². The Hall–Kier alpha value is -2.14. The first kappa shape index (κ1) is 18.6. The van der Waals surface area contributed by atoms with Crippen LogP contribution in [0.25, 0.3) is 16.8 Å². The highest BCUT2D eigenvalue weighted by molar-refractivity contribution is 7.11. The van der Waals surface area contributed by atoms with Gasteiger partial charge in [-0.05, 0) is 19.3 Å². The van der Waals surface area contributed by atoms with Gasteiger partial charge in [0.15, 0.2) is 0 Å². The first-order valence-electron chi connectivity index (χ1n) is 9.26. The van der Waals surface area contributed by atoms with Gasteiger partial charge in [-0.15, -0.1) is 11.3 Å². The number of hydrogen-bond acceptors (Lipinski definition) is 4. The van der Waals surface area contributed by atoms with Crippen LogP contribution in [0.4, 0.5) is 0 Å². The highest BCUT2D eigenvalue weighted by atomic mass is 32.1. The van der Waals surface area contributed by atoms with Crippen molar-refractivity contribution in [2.75, 3.05) is 6.54 Å². The number of aliphatic hydroxyl groups is 1. The maximum Gasteiger partial charge on any atom is 0.135 e. The second-order valence-electron chi connectivity index (χ2n) is 7.38. The van der Waals surface area contributed by atoms with E-state index >= 15 is 0 Å². The van der Waals surface area contributed by atoms with E-state index in [4.69, 9.17) is 5.41 Å². The Morgan fingerprint density at radius 2 is 1.92 bits per heavy atom. The molecule has 1 unspecified atom stereocenters. The zero-order valence-electron chi connectivity index (χ0n) is 15.7. The molecule has 0 aliphatic carbocycles. The monoisotopic (exact) mass is 369 g/mol. The average molecular weight is 370 g/mol. The van der Waals surface area contributed by atoms with Gasteiger partial charge < -0.3 is 10.0 Å². The van der Waals surface area contributed by atoms with Crippen molar-refractivity contribution in [3.63, 3.8) is 0 Å². The molecule has 3 rings (SSSR count). The van der Waals surface area contributed by atoms with Crippen LogP contribution in [0.15, 0.2) is 41.5 Å². The molecule has 1 aromatic heterocycles. The molecular formula is C21H27N3OS. The van der Waals surface area contributed by atoms with Crippen LogP contribution < -0.4 is 0 Å². The Bertz CT molecular complexity index is 795. The van der Waals surface area contributed by atoms with Gasteiger partial charge in [-0.3, -0.25) is 5.41 Å². The van der Waals surface area contributed by atoms with Crippen LogP contribution in [0.1, 0.15) is 45.0 Å². The summed E-state index contributed by atoms with van der Waals surface area (Å²) in [4.78, 5) is 6.67. The molecule has 2 aromatic rings. The Labute approximate surface area is 159 Å². The number of thiazole rings is 1. The molecule has 0 bridgehead atoms. The van der Waals surface area contributed by atoms with E-state index in [2.05, 4.69) is 25.8 Å². The van der Waals surface area contributed by atoms with E-state index in [1.807, 2.05) is 40.6 Å². The lowest BCUT2D eigenvalue weighted by atomic mass is 10.0. The Morgan fingerprint density at radius 1 is 1.19 bits per heavy atom. The van der Waals surface area contributed by atoms with E-state index < -0.39 is 0 Å². The van der Waals surface area contributed by atoms with Crippen LogP contribution in [-0.2, 0) is 0 Å². The summed E-state index contributed by atoms with van der Waals surface area (Å²) in [7, 11) is 0. The third-order valence-electron chi connectivity index (χ3n) is 4.86. The molecule has 1 aliphatic heterocycles. The predicted octanol–water partition coefficient (Wildman–Crippen LogP) is 5.59. The van der Waals surface area contributed by atoms with Crippen LogP contribution in [0, 0.1) is 11.3 Å². The average Bonchev–Trinajstić information content (AvgIpc) is 3.20. The van der Waals surface area contributed by atoms with Crippen LogP contribution >= 0.6 is 11.3 Å². The van der Waals surface area contributed by atoms with Gasteiger partial charge in [-0.25, -0.2) is 4.98 Å². The SMILES string of the molecule is CC(C)CCCC(C)N1CC(O)=C(c2nc(-c3ccccc3)cs2)C1=N. The number of nitrogens with one attached hydrogen (secondary N) is 1. The van der Waals surface area contributed by atoms with E-state index in [1.54, 1.807) is 0 Å². The van der Waals surface area contributed by atoms with Crippen molar-refractivity contribution in [3.8, 4) is 11.3 Å². The van der Waals surface area contributed by atoms with Gasteiger partial charge >= 0.3 is 0 Å². The number of aromatic nitrogens is 1. The number of nitrogens with zero attached hydrogens (tertiary/aromatic N) is 2. The van der Waals surface area contributed by atoms with Crippen molar-refractivity contribution < 1.29 is 5.11 Å². The van der Waals surface area contributed by atoms with Gasteiger partial charge in [0.1, 0.15) is 16.6 Å². The first-order valence-corrected chi connectivity index (χ1v) is 10.1. The third kappa shape index (κ3) is 3.98. The van der Waals surface area contributed by atoms with Crippen molar-refractivity contribution in [2.24, 2.45) is 5.92 Å². The van der Waals surface area contributed by atoms with E-state index in [0.29, 0.717) is 23.9 Å². The van der Waals surface area contributed by atoms with Crippen LogP contribution in [-0.4, -0.2) is 33.4 Å². The van der Waals surface area contributed by atoms with Crippen molar-refractivity contribution in [2.45, 2.75) is 46.1 Å². The molecule has 1 aromatic carbocycles. The van der Waals surface area contributed by atoms with Crippen LogP contribution in [0.5, 0.6) is 0 Å². The summed E-state index contributed by atoms with van der Waals surface area (Å²) in [6.07, 6.45) is 3.38. The fourth-order valence-electron chi connectivity index (χ4n) is 3.31. The quantitative estimate of drug-likeness (QED) is 0.669. The summed E-state index contributed by atoms with van der Waals surface area (Å²) in [5, 5.41) is 21.8. The van der Waals surface area contributed by atoms with Gasteiger partial charge in [0, 0.05) is 17.0 Å². The zero-order chi connectivity index (χ0) is 18.7. The van der Waals surface area contributed by atoms with E-state index in [0.717, 1.165) is 29.1 Å². The number of benzene rings is 1. The minimum Gasteiger partial charge on any atom is -0.510 e. The molecule has 4 nitrogen and oxygen atoms in total. The zero-order valence-corrected chi connectivity index (χ0v) is 16.5. The summed E-state index contributed by atoms with van der Waals surface area (Å²) >= 11 is 1.49. The fraction of sp³-hybridized carbons (Fsp3) is 0.429. The minimum absolute atomic E-state index is 0.245. The van der Waals surface area contributed by atoms with Crippen LogP contribution in [0.2, 0.25) is 0 Å². The lowest BCUT2D eigenvalue weighted by Crippen LogP contribution is -2.35. The van der Waals surface area contributed by atoms with Gasteiger partial charge in [0.05, 0.1) is 17.8 Å². The summed E-state index contributed by atoms with van der Waals surface area (Å²) in [6, 6.07) is 10.3. The first-order chi connectivity index (χ1) is 12.5. The molecule has 0 amide bonds. The molecule has 0 spiro atoms. The lowest BCUT2D eigenvalue weighted by Gasteiger charge is -2.26. The third-order valence-corrected chi connectivity index (χ3v) is 5.72. The maximum absolute atomic E-state index is 10.5. The van der Waals surface area contributed by atoms with Crippen LogP contribution in [0.3, 0.4) is 0 Å². The molecule has 0 saturated carbocycles. The summed E-state index contributed by atoms with van der Waals surface area (Å²) in [5.74, 6) is 1.36. The summed E-state index contributed by atoms with van der Waals surface area (Å²) < 4.78 is 0. The van der Waals surface area contributed by atoms with Gasteiger partial charge in [0.2, 0.25) is 0 Å². The second-order valence-corrected chi connectivity index (χ2v) is 8.23. The Balaban J connectivity index is 1.72. The summed E-state index contributed by atoms with van der Waals surface area (Å²) in [6.45, 7) is 7.03. The fourth-order valence-corrected chi connectivity index (χ4v) is 4.20. The van der Waals surface area contributed by atoms with E-state index in [-0.39, 0.29) is 11.8 Å². The molecule has 138 valence electrons. The van der Waals surface area contributed by atoms with E-state index in [9.17, 15) is 5.11 Å². The largest absolute Gasteiger partial charge is 0.510 e. The lowest BCUT2D eigenvalue weighted by molar-refractivity contribution is 0.289. The maximum atomic E-state index is 10.5. The molecule has 2 N–H and O–H groups in total. The smallest absolute Gasteiger partial charge is 0.135 e. The number of rotatable bonds is 7. The highest BCUT2D eigenvalue weighted by Crippen LogP contribution is 2.33. The molecule has 0 fully saturated rings. The predicted molar refractivity (Wildman–Crippen MR) is 110 cm³/mol. The molecular weight excluding hydrogens is 342 g/mol. The van der Waals surface area contributed by atoms with Crippen molar-refractivity contribution >= 4 is 22.7 Å². The molecule has 1 atom stereocenters.